The van der Waals surface area contributed by atoms with Gasteiger partial charge >= 0.3 is 0 Å². The summed E-state index contributed by atoms with van der Waals surface area (Å²) in [6.45, 7) is 6.81. The van der Waals surface area contributed by atoms with Gasteiger partial charge in [0, 0.05) is 19.1 Å². The van der Waals surface area contributed by atoms with E-state index in [4.69, 9.17) is 0 Å². The van der Waals surface area contributed by atoms with E-state index in [1.807, 2.05) is 0 Å². The Morgan fingerprint density at radius 1 is 1.33 bits per heavy atom. The van der Waals surface area contributed by atoms with Gasteiger partial charge in [0.25, 0.3) is 0 Å². The molecule has 0 amide bonds. The Morgan fingerprint density at radius 3 is 3.07 bits per heavy atom. The fraction of sp³-hybridized carbons (Fsp3) is 0.538. The van der Waals surface area contributed by atoms with Gasteiger partial charge in [-0.1, -0.05) is 6.07 Å². The molecule has 0 aromatic heterocycles. The second-order valence-corrected chi connectivity index (χ2v) is 4.77. The maximum Gasteiger partial charge on any atom is 0.0637 e. The number of anilines is 2. The fourth-order valence-corrected chi connectivity index (χ4v) is 2.88. The van der Waals surface area contributed by atoms with Gasteiger partial charge in [0.2, 0.25) is 0 Å². The van der Waals surface area contributed by atoms with Gasteiger partial charge in [-0.3, -0.25) is 0 Å². The van der Waals surface area contributed by atoms with Crippen LogP contribution in [0.15, 0.2) is 12.1 Å². The topological polar surface area (TPSA) is 15.3 Å². The number of hydrogen-bond acceptors (Lipinski definition) is 2. The molecule has 1 aromatic carbocycles. The smallest absolute Gasteiger partial charge is 0.0637 e. The molecular formula is C13H18N2. The van der Waals surface area contributed by atoms with E-state index in [1.54, 1.807) is 0 Å². The molecule has 2 heterocycles. The van der Waals surface area contributed by atoms with E-state index in [0.717, 1.165) is 12.6 Å². The van der Waals surface area contributed by atoms with Crippen LogP contribution in [0.4, 0.5) is 11.4 Å². The fourth-order valence-electron chi connectivity index (χ4n) is 2.88. The third kappa shape index (κ3) is 1.24. The average Bonchev–Trinajstić information content (AvgIpc) is 2.70. The van der Waals surface area contributed by atoms with Crippen LogP contribution in [-0.2, 0) is 0 Å². The number of aryl methyl sites for hydroxylation is 1. The summed E-state index contributed by atoms with van der Waals surface area (Å²) in [5.74, 6) is 0. The molecule has 3 rings (SSSR count). The number of hydrogen-bond donors (Lipinski definition) is 1. The molecule has 1 N–H and O–H groups in total. The number of rotatable bonds is 0. The van der Waals surface area contributed by atoms with E-state index >= 15 is 0 Å². The maximum atomic E-state index is 3.56. The lowest BCUT2D eigenvalue weighted by Crippen LogP contribution is -2.39. The molecule has 2 aliphatic heterocycles. The zero-order valence-electron chi connectivity index (χ0n) is 9.51. The first-order chi connectivity index (χ1) is 7.27. The van der Waals surface area contributed by atoms with Crippen LogP contribution in [-0.4, -0.2) is 19.1 Å². The Hall–Kier alpha value is -1.18. The van der Waals surface area contributed by atoms with Crippen LogP contribution in [0.25, 0.3) is 0 Å². The molecule has 2 heteroatoms. The molecule has 80 valence electrons. The van der Waals surface area contributed by atoms with E-state index in [-0.39, 0.29) is 0 Å². The number of nitrogens with zero attached hydrogens (tertiary/aromatic N) is 1. The van der Waals surface area contributed by atoms with Crippen LogP contribution in [0.1, 0.15) is 24.0 Å². The van der Waals surface area contributed by atoms with Crippen molar-refractivity contribution in [2.45, 2.75) is 32.7 Å². The van der Waals surface area contributed by atoms with Gasteiger partial charge in [-0.15, -0.1) is 0 Å². The summed E-state index contributed by atoms with van der Waals surface area (Å²) in [4.78, 5) is 2.61. The predicted molar refractivity (Wildman–Crippen MR) is 64.8 cm³/mol. The molecule has 2 nitrogen and oxygen atoms in total. The number of benzene rings is 1. The van der Waals surface area contributed by atoms with Crippen molar-refractivity contribution in [1.82, 2.24) is 0 Å². The van der Waals surface area contributed by atoms with Gasteiger partial charge in [0.1, 0.15) is 0 Å². The monoisotopic (exact) mass is 202 g/mol. The molecule has 0 aliphatic carbocycles. The molecule has 0 radical (unpaired) electrons. The highest BCUT2D eigenvalue weighted by Crippen LogP contribution is 2.39. The van der Waals surface area contributed by atoms with Gasteiger partial charge in [0.15, 0.2) is 0 Å². The highest BCUT2D eigenvalue weighted by molar-refractivity contribution is 5.77. The summed E-state index contributed by atoms with van der Waals surface area (Å²) >= 11 is 0. The second kappa shape index (κ2) is 3.16. The third-order valence-electron chi connectivity index (χ3n) is 3.89. The molecule has 0 spiro atoms. The molecule has 15 heavy (non-hydrogen) atoms. The molecule has 1 fully saturated rings. The zero-order valence-corrected chi connectivity index (χ0v) is 9.51. The molecule has 0 saturated carbocycles. The van der Waals surface area contributed by atoms with E-state index in [0.29, 0.717) is 0 Å². The lowest BCUT2D eigenvalue weighted by molar-refractivity contribution is 0.681. The maximum absolute atomic E-state index is 3.56. The Labute approximate surface area is 91.3 Å². The molecule has 1 atom stereocenters. The van der Waals surface area contributed by atoms with Crippen molar-refractivity contribution >= 4 is 11.4 Å². The highest BCUT2D eigenvalue weighted by Gasteiger charge is 2.31. The quantitative estimate of drug-likeness (QED) is 0.696. The molecule has 2 aliphatic rings. The molecule has 1 aromatic rings. The van der Waals surface area contributed by atoms with Gasteiger partial charge < -0.3 is 10.2 Å². The summed E-state index contributed by atoms with van der Waals surface area (Å²) < 4.78 is 0. The molecular weight excluding hydrogens is 184 g/mol. The summed E-state index contributed by atoms with van der Waals surface area (Å²) in [7, 11) is 0. The minimum Gasteiger partial charge on any atom is -0.381 e. The number of nitrogens with one attached hydrogen (secondary N) is 1. The Kier molecular flexibility index (Phi) is 1.91. The molecule has 1 unspecified atom stereocenters. The Balaban J connectivity index is 2.14. The Bertz CT molecular complexity index is 398. The molecule has 0 bridgehead atoms. The van der Waals surface area contributed by atoms with Crippen molar-refractivity contribution in [3.05, 3.63) is 23.3 Å². The average molecular weight is 202 g/mol. The largest absolute Gasteiger partial charge is 0.381 e. The van der Waals surface area contributed by atoms with Gasteiger partial charge in [-0.2, -0.15) is 0 Å². The van der Waals surface area contributed by atoms with Crippen molar-refractivity contribution in [2.75, 3.05) is 23.3 Å². The minimum absolute atomic E-state index is 0.734. The van der Waals surface area contributed by atoms with Crippen molar-refractivity contribution < 1.29 is 0 Å². The van der Waals surface area contributed by atoms with Crippen LogP contribution in [0.2, 0.25) is 0 Å². The Morgan fingerprint density at radius 2 is 2.20 bits per heavy atom. The second-order valence-electron chi connectivity index (χ2n) is 4.77. The summed E-state index contributed by atoms with van der Waals surface area (Å²) in [5.41, 5.74) is 5.65. The van der Waals surface area contributed by atoms with Crippen LogP contribution < -0.4 is 10.2 Å². The third-order valence-corrected chi connectivity index (χ3v) is 3.89. The summed E-state index contributed by atoms with van der Waals surface area (Å²) in [6, 6.07) is 5.18. The first-order valence-electron chi connectivity index (χ1n) is 5.88. The van der Waals surface area contributed by atoms with Gasteiger partial charge in [0.05, 0.1) is 11.4 Å². The van der Waals surface area contributed by atoms with Crippen LogP contribution in [0.3, 0.4) is 0 Å². The SMILES string of the molecule is Cc1ccc2c(c1C)N1CCCC1CN2. The van der Waals surface area contributed by atoms with Crippen molar-refractivity contribution in [3.63, 3.8) is 0 Å². The van der Waals surface area contributed by atoms with Crippen molar-refractivity contribution in [3.8, 4) is 0 Å². The summed E-state index contributed by atoms with van der Waals surface area (Å²) in [6.07, 6.45) is 2.69. The van der Waals surface area contributed by atoms with Crippen LogP contribution in [0, 0.1) is 13.8 Å². The van der Waals surface area contributed by atoms with Gasteiger partial charge in [-0.25, -0.2) is 0 Å². The van der Waals surface area contributed by atoms with Crippen LogP contribution in [0.5, 0.6) is 0 Å². The highest BCUT2D eigenvalue weighted by atomic mass is 15.2. The standard InChI is InChI=1S/C13H18N2/c1-9-5-6-12-13(10(9)2)15-7-3-4-11(15)8-14-12/h5-6,11,14H,3-4,7-8H2,1-2H3. The van der Waals surface area contributed by atoms with E-state index in [1.165, 1.54) is 41.9 Å². The predicted octanol–water partition coefficient (Wildman–Crippen LogP) is 2.70. The molecule has 1 saturated heterocycles. The lowest BCUT2D eigenvalue weighted by Gasteiger charge is -2.36. The summed E-state index contributed by atoms with van der Waals surface area (Å²) in [5, 5.41) is 3.56. The van der Waals surface area contributed by atoms with Crippen molar-refractivity contribution in [2.24, 2.45) is 0 Å². The van der Waals surface area contributed by atoms with Crippen molar-refractivity contribution in [1.29, 1.82) is 0 Å². The van der Waals surface area contributed by atoms with Crippen LogP contribution >= 0.6 is 0 Å². The van der Waals surface area contributed by atoms with Gasteiger partial charge in [-0.05, 0) is 43.9 Å². The minimum atomic E-state index is 0.734. The first kappa shape index (κ1) is 9.08. The zero-order chi connectivity index (χ0) is 10.4. The lowest BCUT2D eigenvalue weighted by atomic mass is 10.0. The van der Waals surface area contributed by atoms with E-state index in [9.17, 15) is 0 Å². The normalized spacial score (nSPS) is 23.3. The van der Waals surface area contributed by atoms with E-state index < -0.39 is 0 Å². The van der Waals surface area contributed by atoms with E-state index in [2.05, 4.69) is 36.2 Å². The first-order valence-corrected chi connectivity index (χ1v) is 5.88. The number of fused-ring (bicyclic) bond motifs is 3.